The second-order valence-electron chi connectivity index (χ2n) is 2.96. The van der Waals surface area contributed by atoms with E-state index in [9.17, 15) is 4.79 Å². The number of halogens is 1. The van der Waals surface area contributed by atoms with Gasteiger partial charge in [-0.15, -0.1) is 0 Å². The molecule has 0 unspecified atom stereocenters. The van der Waals surface area contributed by atoms with Crippen molar-refractivity contribution in [1.29, 1.82) is 0 Å². The van der Waals surface area contributed by atoms with Gasteiger partial charge < -0.3 is 0 Å². The Bertz CT molecular complexity index is 325. The molecule has 14 heavy (non-hydrogen) atoms. The number of rotatable bonds is 4. The monoisotopic (exact) mass is 252 g/mol. The molecule has 74 valence electrons. The molecule has 0 saturated heterocycles. The molecule has 0 amide bonds. The molecule has 1 nitrogen and oxygen atoms in total. The fourth-order valence-electron chi connectivity index (χ4n) is 1.16. The Morgan fingerprint density at radius 3 is 2.50 bits per heavy atom. The molecule has 0 heterocycles. The van der Waals surface area contributed by atoms with Crippen molar-refractivity contribution in [3.05, 3.63) is 41.5 Å². The molecule has 0 atom stereocenters. The first-order valence-corrected chi connectivity index (χ1v) is 5.76. The molecule has 0 spiro atoms. The summed E-state index contributed by atoms with van der Waals surface area (Å²) >= 11 is 3.31. The van der Waals surface area contributed by atoms with Gasteiger partial charge >= 0.3 is 0 Å². The first kappa shape index (κ1) is 11.2. The lowest BCUT2D eigenvalue weighted by molar-refractivity contribution is 0.0988. The Labute approximate surface area is 93.0 Å². The average Bonchev–Trinajstić information content (AvgIpc) is 2.26. The van der Waals surface area contributed by atoms with Gasteiger partial charge in [-0.2, -0.15) is 0 Å². The zero-order valence-electron chi connectivity index (χ0n) is 8.16. The predicted octanol–water partition coefficient (Wildman–Crippen LogP) is 3.69. The quantitative estimate of drug-likeness (QED) is 0.590. The van der Waals surface area contributed by atoms with Crippen LogP contribution in [0.2, 0.25) is 0 Å². The first-order valence-electron chi connectivity index (χ1n) is 4.63. The van der Waals surface area contributed by atoms with Crippen LogP contribution < -0.4 is 0 Å². The van der Waals surface area contributed by atoms with Crippen LogP contribution in [0.3, 0.4) is 0 Å². The van der Waals surface area contributed by atoms with Crippen molar-refractivity contribution in [3.8, 4) is 0 Å². The van der Waals surface area contributed by atoms with Gasteiger partial charge in [0.2, 0.25) is 0 Å². The Kier molecular flexibility index (Phi) is 4.60. The third kappa shape index (κ3) is 3.11. The lowest BCUT2D eigenvalue weighted by Gasteiger charge is -1.98. The fraction of sp³-hybridized carbons (Fsp3) is 0.250. The number of hydrogen-bond donors (Lipinski definition) is 0. The molecule has 0 aliphatic heterocycles. The summed E-state index contributed by atoms with van der Waals surface area (Å²) in [7, 11) is 0. The molecule has 0 bridgehead atoms. The van der Waals surface area contributed by atoms with Gasteiger partial charge in [0.1, 0.15) is 0 Å². The van der Waals surface area contributed by atoms with Crippen molar-refractivity contribution >= 4 is 27.8 Å². The summed E-state index contributed by atoms with van der Waals surface area (Å²) in [5.41, 5.74) is 1.92. The van der Waals surface area contributed by atoms with Crippen molar-refractivity contribution in [3.63, 3.8) is 0 Å². The molecule has 1 aromatic carbocycles. The Balaban J connectivity index is 2.78. The smallest absolute Gasteiger partial charge is 0.162 e. The van der Waals surface area contributed by atoms with Crippen LogP contribution in [0.1, 0.15) is 29.3 Å². The van der Waals surface area contributed by atoms with Gasteiger partial charge in [-0.05, 0) is 5.56 Å². The molecule has 0 radical (unpaired) electrons. The van der Waals surface area contributed by atoms with Crippen LogP contribution in [0.15, 0.2) is 30.3 Å². The third-order valence-corrected chi connectivity index (χ3v) is 2.33. The number of hydrogen-bond acceptors (Lipinski definition) is 1. The summed E-state index contributed by atoms with van der Waals surface area (Å²) in [6.07, 6.45) is 4.61. The highest BCUT2D eigenvalue weighted by Crippen LogP contribution is 2.08. The second-order valence-corrected chi connectivity index (χ2v) is 3.60. The number of carbonyl (C=O) groups excluding carboxylic acids is 1. The maximum atomic E-state index is 11.3. The highest BCUT2D eigenvalue weighted by atomic mass is 79.9. The zero-order chi connectivity index (χ0) is 10.4. The fourth-order valence-corrected chi connectivity index (χ4v) is 1.35. The van der Waals surface area contributed by atoms with Crippen molar-refractivity contribution in [2.45, 2.75) is 13.3 Å². The average molecular weight is 253 g/mol. The minimum atomic E-state index is 0.195. The molecule has 0 aromatic heterocycles. The summed E-state index contributed by atoms with van der Waals surface area (Å²) in [5.74, 6) is 0.195. The van der Waals surface area contributed by atoms with Crippen LogP contribution in [0.4, 0.5) is 0 Å². The van der Waals surface area contributed by atoms with E-state index in [1.54, 1.807) is 0 Å². The van der Waals surface area contributed by atoms with E-state index >= 15 is 0 Å². The molecular formula is C12H13BrO. The third-order valence-electron chi connectivity index (χ3n) is 1.95. The Hall–Kier alpha value is -0.890. The standard InChI is InChI=1S/C12H13BrO/c1-2-12(14)11-7-5-10(6-8-11)4-3-9-13/h3-8H,2,9H2,1H3. The minimum Gasteiger partial charge on any atom is -0.294 e. The molecule has 0 aliphatic rings. The van der Waals surface area contributed by atoms with Gasteiger partial charge in [0, 0.05) is 17.3 Å². The first-order chi connectivity index (χ1) is 6.77. The summed E-state index contributed by atoms with van der Waals surface area (Å²) in [6.45, 7) is 1.88. The van der Waals surface area contributed by atoms with E-state index in [2.05, 4.69) is 15.9 Å². The Morgan fingerprint density at radius 1 is 1.36 bits per heavy atom. The zero-order valence-corrected chi connectivity index (χ0v) is 9.75. The van der Waals surface area contributed by atoms with E-state index in [-0.39, 0.29) is 5.78 Å². The van der Waals surface area contributed by atoms with Gasteiger partial charge in [-0.1, -0.05) is 59.3 Å². The van der Waals surface area contributed by atoms with E-state index in [4.69, 9.17) is 0 Å². The molecular weight excluding hydrogens is 240 g/mol. The van der Waals surface area contributed by atoms with Crippen molar-refractivity contribution < 1.29 is 4.79 Å². The topological polar surface area (TPSA) is 17.1 Å². The summed E-state index contributed by atoms with van der Waals surface area (Å²) in [4.78, 5) is 11.3. The lowest BCUT2D eigenvalue weighted by Crippen LogP contribution is -1.95. The van der Waals surface area contributed by atoms with Crippen LogP contribution in [-0.4, -0.2) is 11.1 Å². The van der Waals surface area contributed by atoms with E-state index in [1.807, 2.05) is 43.3 Å². The van der Waals surface area contributed by atoms with Crippen molar-refractivity contribution in [2.75, 3.05) is 5.33 Å². The molecule has 0 aliphatic carbocycles. The molecule has 1 rings (SSSR count). The number of alkyl halides is 1. The highest BCUT2D eigenvalue weighted by Gasteiger charge is 2.00. The molecule has 0 N–H and O–H groups in total. The van der Waals surface area contributed by atoms with Crippen molar-refractivity contribution in [2.24, 2.45) is 0 Å². The number of allylic oxidation sites excluding steroid dienone is 1. The number of benzene rings is 1. The lowest BCUT2D eigenvalue weighted by atomic mass is 10.1. The van der Waals surface area contributed by atoms with Gasteiger partial charge in [0.15, 0.2) is 5.78 Å². The largest absolute Gasteiger partial charge is 0.294 e. The van der Waals surface area contributed by atoms with Crippen LogP contribution in [-0.2, 0) is 0 Å². The SMILES string of the molecule is CCC(=O)c1ccc(C=CCBr)cc1. The highest BCUT2D eigenvalue weighted by molar-refractivity contribution is 9.09. The van der Waals surface area contributed by atoms with E-state index in [0.717, 1.165) is 16.5 Å². The molecule has 2 heteroatoms. The van der Waals surface area contributed by atoms with Gasteiger partial charge in [0.05, 0.1) is 0 Å². The van der Waals surface area contributed by atoms with Crippen molar-refractivity contribution in [1.82, 2.24) is 0 Å². The summed E-state index contributed by atoms with van der Waals surface area (Å²) in [6, 6.07) is 7.67. The van der Waals surface area contributed by atoms with Crippen LogP contribution in [0.5, 0.6) is 0 Å². The van der Waals surface area contributed by atoms with E-state index in [1.165, 1.54) is 0 Å². The normalized spacial score (nSPS) is 10.7. The van der Waals surface area contributed by atoms with Gasteiger partial charge in [-0.25, -0.2) is 0 Å². The molecule has 1 aromatic rings. The summed E-state index contributed by atoms with van der Waals surface area (Å²) in [5, 5.41) is 0.850. The number of carbonyl (C=O) groups is 1. The van der Waals surface area contributed by atoms with E-state index in [0.29, 0.717) is 6.42 Å². The maximum Gasteiger partial charge on any atom is 0.162 e. The minimum absolute atomic E-state index is 0.195. The van der Waals surface area contributed by atoms with Crippen LogP contribution >= 0.6 is 15.9 Å². The second kappa shape index (κ2) is 5.76. The van der Waals surface area contributed by atoms with Gasteiger partial charge in [-0.3, -0.25) is 4.79 Å². The molecule has 0 saturated carbocycles. The Morgan fingerprint density at radius 2 is 2.00 bits per heavy atom. The maximum absolute atomic E-state index is 11.3. The molecule has 0 fully saturated rings. The number of Topliss-reactive ketones (excluding diaryl/α,β-unsaturated/α-hetero) is 1. The predicted molar refractivity (Wildman–Crippen MR) is 63.9 cm³/mol. The number of ketones is 1. The summed E-state index contributed by atoms with van der Waals surface area (Å²) < 4.78 is 0. The van der Waals surface area contributed by atoms with Crippen LogP contribution in [0.25, 0.3) is 6.08 Å². The van der Waals surface area contributed by atoms with Crippen LogP contribution in [0, 0.1) is 0 Å². The van der Waals surface area contributed by atoms with Gasteiger partial charge in [0.25, 0.3) is 0 Å². The van der Waals surface area contributed by atoms with E-state index < -0.39 is 0 Å².